The van der Waals surface area contributed by atoms with Crippen molar-refractivity contribution in [2.45, 2.75) is 31.9 Å². The van der Waals surface area contributed by atoms with Crippen LogP contribution in [0.1, 0.15) is 17.4 Å². The molecule has 2 heterocycles. The molecule has 0 saturated carbocycles. The lowest BCUT2D eigenvalue weighted by Crippen LogP contribution is -2.47. The van der Waals surface area contributed by atoms with Crippen molar-refractivity contribution in [1.29, 1.82) is 0 Å². The fourth-order valence-electron chi connectivity index (χ4n) is 2.43. The Morgan fingerprint density at radius 2 is 1.93 bits per heavy atom. The average molecular weight is 435 g/mol. The number of ether oxygens (including phenoxy) is 1. The molecule has 2 aromatic heterocycles. The topological polar surface area (TPSA) is 93.2 Å². The molecule has 2 amide bonds. The van der Waals surface area contributed by atoms with Gasteiger partial charge in [-0.25, -0.2) is 14.4 Å². The van der Waals surface area contributed by atoms with Crippen LogP contribution in [0.15, 0.2) is 35.6 Å². The highest BCUT2D eigenvalue weighted by Gasteiger charge is 2.17. The molecule has 0 aliphatic heterocycles. The minimum Gasteiger partial charge on any atom is -0.481 e. The molecule has 3 aromatic rings. The third-order valence-corrected chi connectivity index (χ3v) is 6.20. The molecule has 0 aliphatic carbocycles. The molecular weight excluding hydrogens is 415 g/mol. The largest absolute Gasteiger partial charge is 0.481 e. The summed E-state index contributed by atoms with van der Waals surface area (Å²) in [5.74, 6) is -0.873. The Balaban J connectivity index is 1.50. The Morgan fingerprint density at radius 3 is 2.66 bits per heavy atom. The molecule has 0 saturated heterocycles. The zero-order chi connectivity index (χ0) is 21.0. The van der Waals surface area contributed by atoms with Gasteiger partial charge in [-0.15, -0.1) is 11.3 Å². The zero-order valence-electron chi connectivity index (χ0n) is 16.0. The lowest BCUT2D eigenvalue weighted by molar-refractivity contribution is -0.131. The van der Waals surface area contributed by atoms with E-state index in [1.54, 1.807) is 11.3 Å². The Kier molecular flexibility index (Phi) is 6.65. The maximum Gasteiger partial charge on any atom is 0.279 e. The van der Waals surface area contributed by atoms with Crippen LogP contribution in [0.2, 0.25) is 0 Å². The number of thioether (sulfide) groups is 1. The highest BCUT2D eigenvalue weighted by Crippen LogP contribution is 2.34. The van der Waals surface area contributed by atoms with E-state index in [2.05, 4.69) is 20.8 Å². The summed E-state index contributed by atoms with van der Waals surface area (Å²) in [5, 5.41) is 1.68. The van der Waals surface area contributed by atoms with Gasteiger partial charge in [-0.3, -0.25) is 20.4 Å². The number of hydrogen-bond donors (Lipinski definition) is 2. The van der Waals surface area contributed by atoms with Crippen molar-refractivity contribution in [3.05, 3.63) is 46.9 Å². The van der Waals surface area contributed by atoms with Crippen molar-refractivity contribution in [3.63, 3.8) is 0 Å². The van der Waals surface area contributed by atoms with Crippen molar-refractivity contribution in [1.82, 2.24) is 20.8 Å². The van der Waals surface area contributed by atoms with E-state index in [1.165, 1.54) is 49.3 Å². The van der Waals surface area contributed by atoms with Gasteiger partial charge in [0, 0.05) is 10.3 Å². The number of carbonyl (C=O) groups excluding carboxylic acids is 2. The van der Waals surface area contributed by atoms with E-state index < -0.39 is 17.8 Å². The van der Waals surface area contributed by atoms with Crippen LogP contribution in [-0.2, 0) is 9.59 Å². The molecule has 2 N–H and O–H groups in total. The molecule has 152 valence electrons. The van der Waals surface area contributed by atoms with E-state index in [1.807, 2.05) is 13.8 Å². The van der Waals surface area contributed by atoms with Crippen LogP contribution < -0.4 is 15.6 Å². The van der Waals surface area contributed by atoms with Crippen LogP contribution in [0.4, 0.5) is 4.39 Å². The van der Waals surface area contributed by atoms with E-state index in [0.717, 1.165) is 25.7 Å². The highest BCUT2D eigenvalue weighted by molar-refractivity contribution is 8.00. The summed E-state index contributed by atoms with van der Waals surface area (Å²) in [7, 11) is 0. The van der Waals surface area contributed by atoms with Gasteiger partial charge in [0.1, 0.15) is 27.8 Å². The number of thiophene rings is 1. The molecule has 1 unspecified atom stereocenters. The molecule has 29 heavy (non-hydrogen) atoms. The first-order valence-electron chi connectivity index (χ1n) is 8.69. The van der Waals surface area contributed by atoms with Crippen LogP contribution in [-0.4, -0.2) is 33.6 Å². The number of carbonyl (C=O) groups is 2. The molecule has 3 rings (SSSR count). The van der Waals surface area contributed by atoms with Gasteiger partial charge >= 0.3 is 0 Å². The van der Waals surface area contributed by atoms with Gasteiger partial charge in [0.05, 0.1) is 5.75 Å². The lowest BCUT2D eigenvalue weighted by Gasteiger charge is -2.15. The molecule has 1 atom stereocenters. The van der Waals surface area contributed by atoms with Crippen LogP contribution in [0, 0.1) is 19.7 Å². The Morgan fingerprint density at radius 1 is 1.21 bits per heavy atom. The molecule has 7 nitrogen and oxygen atoms in total. The van der Waals surface area contributed by atoms with Gasteiger partial charge in [-0.2, -0.15) is 0 Å². The van der Waals surface area contributed by atoms with Gasteiger partial charge in [0.2, 0.25) is 5.91 Å². The van der Waals surface area contributed by atoms with Crippen LogP contribution >= 0.6 is 23.1 Å². The van der Waals surface area contributed by atoms with E-state index in [-0.39, 0.29) is 11.7 Å². The predicted octanol–water partition coefficient (Wildman–Crippen LogP) is 3.15. The number of nitrogens with zero attached hydrogens (tertiary/aromatic N) is 2. The number of amides is 2. The smallest absolute Gasteiger partial charge is 0.279 e. The van der Waals surface area contributed by atoms with Gasteiger partial charge in [0.15, 0.2) is 6.10 Å². The van der Waals surface area contributed by atoms with Crippen molar-refractivity contribution in [3.8, 4) is 5.75 Å². The fourth-order valence-corrected chi connectivity index (χ4v) is 4.35. The van der Waals surface area contributed by atoms with Gasteiger partial charge in [0.25, 0.3) is 5.91 Å². The maximum atomic E-state index is 12.9. The molecule has 0 spiro atoms. The first-order chi connectivity index (χ1) is 13.8. The third kappa shape index (κ3) is 5.21. The Labute approximate surface area is 175 Å². The molecule has 10 heteroatoms. The van der Waals surface area contributed by atoms with Crippen molar-refractivity contribution < 1.29 is 18.7 Å². The number of nitrogens with one attached hydrogen (secondary N) is 2. The zero-order valence-corrected chi connectivity index (χ0v) is 17.6. The van der Waals surface area contributed by atoms with Crippen LogP contribution in [0.25, 0.3) is 10.2 Å². The molecular formula is C19H19FN4O3S2. The minimum absolute atomic E-state index is 0.0773. The number of hydrogen-bond acceptors (Lipinski definition) is 7. The van der Waals surface area contributed by atoms with E-state index in [0.29, 0.717) is 5.75 Å². The summed E-state index contributed by atoms with van der Waals surface area (Å²) in [4.78, 5) is 34.8. The normalized spacial score (nSPS) is 11.9. The van der Waals surface area contributed by atoms with Crippen molar-refractivity contribution in [2.24, 2.45) is 0 Å². The number of benzene rings is 1. The van der Waals surface area contributed by atoms with Gasteiger partial charge in [-0.05, 0) is 50.6 Å². The molecule has 0 aliphatic rings. The van der Waals surface area contributed by atoms with Crippen LogP contribution in [0.5, 0.6) is 5.75 Å². The second-order valence-corrected chi connectivity index (χ2v) is 8.35. The number of halogens is 1. The summed E-state index contributed by atoms with van der Waals surface area (Å²) in [6, 6.07) is 5.31. The second-order valence-electron chi connectivity index (χ2n) is 6.18. The molecule has 0 bridgehead atoms. The summed E-state index contributed by atoms with van der Waals surface area (Å²) in [5.41, 5.74) is 5.78. The van der Waals surface area contributed by atoms with Gasteiger partial charge in [-0.1, -0.05) is 11.8 Å². The standard InChI is InChI=1S/C19H19FN4O3S2/c1-10-12(3)29-19-16(10)18(21-9-22-19)28-8-15(25)23-24-17(26)11(2)27-14-6-4-13(20)5-7-14/h4-7,9,11H,8H2,1-3H3,(H,23,25)(H,24,26). The number of aryl methyl sites for hydroxylation is 2. The first kappa shape index (κ1) is 21.0. The SMILES string of the molecule is Cc1sc2ncnc(SCC(=O)NNC(=O)C(C)Oc3ccc(F)cc3)c2c1C. The quantitative estimate of drug-likeness (QED) is 0.352. The summed E-state index contributed by atoms with van der Waals surface area (Å²) >= 11 is 2.86. The maximum absolute atomic E-state index is 12.9. The average Bonchev–Trinajstić information content (AvgIpc) is 3.00. The van der Waals surface area contributed by atoms with Gasteiger partial charge < -0.3 is 4.74 Å². The summed E-state index contributed by atoms with van der Waals surface area (Å²) in [6.45, 7) is 5.55. The summed E-state index contributed by atoms with van der Waals surface area (Å²) in [6.07, 6.45) is 0.611. The lowest BCUT2D eigenvalue weighted by atomic mass is 10.2. The van der Waals surface area contributed by atoms with Crippen molar-refractivity contribution in [2.75, 3.05) is 5.75 Å². The number of hydrazine groups is 1. The summed E-state index contributed by atoms with van der Waals surface area (Å²) < 4.78 is 18.3. The fraction of sp³-hybridized carbons (Fsp3) is 0.263. The van der Waals surface area contributed by atoms with Crippen molar-refractivity contribution >= 4 is 45.1 Å². The molecule has 0 radical (unpaired) electrons. The predicted molar refractivity (Wildman–Crippen MR) is 110 cm³/mol. The minimum atomic E-state index is -0.869. The highest BCUT2D eigenvalue weighted by atomic mass is 32.2. The molecule has 1 aromatic carbocycles. The monoisotopic (exact) mass is 434 g/mol. The first-order valence-corrected chi connectivity index (χ1v) is 10.5. The molecule has 0 fully saturated rings. The van der Waals surface area contributed by atoms with E-state index >= 15 is 0 Å². The number of aromatic nitrogens is 2. The van der Waals surface area contributed by atoms with E-state index in [4.69, 9.17) is 4.74 Å². The number of fused-ring (bicyclic) bond motifs is 1. The number of rotatable bonds is 6. The second kappa shape index (κ2) is 9.19. The Hall–Kier alpha value is -2.72. The van der Waals surface area contributed by atoms with E-state index in [9.17, 15) is 14.0 Å². The van der Waals surface area contributed by atoms with Crippen LogP contribution in [0.3, 0.4) is 0 Å². The Bertz CT molecular complexity index is 1040. The third-order valence-electron chi connectivity index (χ3n) is 4.09.